The second-order valence-electron chi connectivity index (χ2n) is 21.0. The molecule has 0 radical (unpaired) electrons. The van der Waals surface area contributed by atoms with E-state index in [1.165, 1.54) is 11.0 Å². The van der Waals surface area contributed by atoms with E-state index in [1.54, 1.807) is 60.4 Å². The minimum Gasteiger partial charge on any atom is -0.491 e. The number of aliphatic hydroxyl groups excluding tert-OH is 1. The maximum absolute atomic E-state index is 14.3. The third-order valence-electron chi connectivity index (χ3n) is 14.7. The number of aryl methyl sites for hydroxylation is 1. The van der Waals surface area contributed by atoms with Gasteiger partial charge in [-0.1, -0.05) is 44.2 Å². The molecule has 1 aromatic heterocycles. The maximum Gasteiger partial charge on any atom is 0.417 e. The summed E-state index contributed by atoms with van der Waals surface area (Å²) in [5.74, 6) is -0.487. The van der Waals surface area contributed by atoms with Crippen LogP contribution in [0.1, 0.15) is 69.5 Å². The van der Waals surface area contributed by atoms with Crippen LogP contribution in [-0.2, 0) is 30.0 Å². The highest BCUT2D eigenvalue weighted by atomic mass is 32.1. The fourth-order valence-electron chi connectivity index (χ4n) is 10.7. The minimum absolute atomic E-state index is 0.00147. The first-order chi connectivity index (χ1) is 35.6. The molecule has 16 nitrogen and oxygen atoms in total. The van der Waals surface area contributed by atoms with Gasteiger partial charge in [-0.05, 0) is 93.5 Å². The average molecular weight is 1070 g/mol. The Morgan fingerprint density at radius 2 is 1.68 bits per heavy atom. The summed E-state index contributed by atoms with van der Waals surface area (Å²) in [4.78, 5) is 56.1. The van der Waals surface area contributed by atoms with E-state index < -0.39 is 52.4 Å². The van der Waals surface area contributed by atoms with Crippen molar-refractivity contribution >= 4 is 57.8 Å². The van der Waals surface area contributed by atoms with E-state index in [-0.39, 0.29) is 60.4 Å². The summed E-state index contributed by atoms with van der Waals surface area (Å²) < 4.78 is 60.0. The van der Waals surface area contributed by atoms with Crippen LogP contribution in [0.5, 0.6) is 5.75 Å². The van der Waals surface area contributed by atoms with Crippen LogP contribution in [0.3, 0.4) is 0 Å². The van der Waals surface area contributed by atoms with Crippen molar-refractivity contribution in [3.63, 3.8) is 0 Å². The Kier molecular flexibility index (Phi) is 15.5. The molecule has 4 saturated heterocycles. The normalized spacial score (nSPS) is 24.5. The van der Waals surface area contributed by atoms with Gasteiger partial charge >= 0.3 is 6.18 Å². The topological polar surface area (TPSA) is 176 Å². The largest absolute Gasteiger partial charge is 0.491 e. The molecule has 0 unspecified atom stereocenters. The summed E-state index contributed by atoms with van der Waals surface area (Å²) in [6.45, 7) is 16.6. The van der Waals surface area contributed by atoms with Crippen LogP contribution in [0.25, 0.3) is 10.4 Å². The summed E-state index contributed by atoms with van der Waals surface area (Å²) in [6.07, 6.45) is -3.65. The van der Waals surface area contributed by atoms with E-state index in [1.807, 2.05) is 57.5 Å². The number of hydrogen-bond acceptors (Lipinski definition) is 14. The number of amides is 3. The summed E-state index contributed by atoms with van der Waals surface area (Å²) in [7, 11) is 0. The van der Waals surface area contributed by atoms with Crippen LogP contribution in [-0.4, -0.2) is 149 Å². The Hall–Kier alpha value is -5.99. The number of carbonyl (C=O) groups excluding carboxylic acids is 3. The number of morpholine rings is 2. The molecule has 75 heavy (non-hydrogen) atoms. The van der Waals surface area contributed by atoms with Crippen molar-refractivity contribution in [2.75, 3.05) is 75.4 Å². The van der Waals surface area contributed by atoms with Gasteiger partial charge in [-0.15, -0.1) is 11.3 Å². The van der Waals surface area contributed by atoms with Crippen LogP contribution >= 0.6 is 23.6 Å². The van der Waals surface area contributed by atoms with Crippen molar-refractivity contribution in [1.29, 1.82) is 5.26 Å². The van der Waals surface area contributed by atoms with E-state index in [4.69, 9.17) is 26.4 Å². The maximum atomic E-state index is 14.3. The molecule has 5 aliphatic heterocycles. The summed E-state index contributed by atoms with van der Waals surface area (Å²) >= 11 is 7.28. The van der Waals surface area contributed by atoms with Gasteiger partial charge in [0.05, 0.1) is 70.4 Å². The van der Waals surface area contributed by atoms with E-state index in [0.29, 0.717) is 50.8 Å². The smallest absolute Gasteiger partial charge is 0.417 e. The van der Waals surface area contributed by atoms with Crippen LogP contribution in [0.4, 0.5) is 24.5 Å². The number of carbonyl (C=O) groups is 3. The number of nitrogens with zero attached hydrogens (tertiary/aromatic N) is 7. The monoisotopic (exact) mass is 1070 g/mol. The van der Waals surface area contributed by atoms with Crippen LogP contribution in [0.15, 0.2) is 84.0 Å². The van der Waals surface area contributed by atoms with Gasteiger partial charge in [0.2, 0.25) is 11.8 Å². The van der Waals surface area contributed by atoms with Crippen LogP contribution in [0, 0.1) is 23.7 Å². The Balaban J connectivity index is 0.744. The van der Waals surface area contributed by atoms with E-state index in [9.17, 15) is 37.9 Å². The number of anilines is 2. The molecular weight excluding hydrogens is 1010 g/mol. The Morgan fingerprint density at radius 3 is 2.36 bits per heavy atom. The minimum atomic E-state index is -4.81. The number of thiocarbonyl (C=S) groups is 1. The second kappa shape index (κ2) is 21.6. The molecule has 0 bridgehead atoms. The molecule has 3 amide bonds. The lowest BCUT2D eigenvalue weighted by Crippen LogP contribution is -2.55. The lowest BCUT2D eigenvalue weighted by atomic mass is 9.85. The summed E-state index contributed by atoms with van der Waals surface area (Å²) in [5, 5.41) is 26.6. The van der Waals surface area contributed by atoms with Crippen molar-refractivity contribution in [2.24, 2.45) is 5.41 Å². The quantitative estimate of drug-likeness (QED) is 0.118. The molecule has 5 aliphatic rings. The first-order valence-electron chi connectivity index (χ1n) is 25.1. The number of ether oxygens (including phenoxy) is 3. The zero-order valence-corrected chi connectivity index (χ0v) is 44.4. The number of rotatable bonds is 14. The number of aliphatic hydroxyl groups is 1. The van der Waals surface area contributed by atoms with Gasteiger partial charge in [-0.3, -0.25) is 29.1 Å². The van der Waals surface area contributed by atoms with Crippen molar-refractivity contribution < 1.29 is 46.9 Å². The molecule has 4 aromatic rings. The highest BCUT2D eigenvalue weighted by Gasteiger charge is 2.51. The van der Waals surface area contributed by atoms with Crippen molar-refractivity contribution in [3.05, 3.63) is 106 Å². The molecule has 6 heterocycles. The first kappa shape index (κ1) is 53.8. The van der Waals surface area contributed by atoms with Crippen molar-refractivity contribution in [1.82, 2.24) is 30.3 Å². The highest BCUT2D eigenvalue weighted by molar-refractivity contribution is 7.81. The lowest BCUT2D eigenvalue weighted by Gasteiger charge is -2.38. The van der Waals surface area contributed by atoms with Crippen molar-refractivity contribution in [3.8, 4) is 22.3 Å². The van der Waals surface area contributed by atoms with E-state index in [2.05, 4.69) is 31.5 Å². The highest BCUT2D eigenvalue weighted by Crippen LogP contribution is 2.41. The number of benzene rings is 3. The number of likely N-dealkylation sites (tertiary alicyclic amines) is 1. The molecule has 398 valence electrons. The van der Waals surface area contributed by atoms with Crippen LogP contribution in [0.2, 0.25) is 0 Å². The molecule has 3 aromatic carbocycles. The SMILES string of the molecule is Cc1ncsc1-c1ccc([C@H](C)NC(=O)[C@@H]2C[C@@H](O)CN2C(=O)[C@H]2NC(CN3CCO[C@@H](CN4CCO[C@@H](COc5ccc(N6C(=S)N(c7ccc(C#N)c(C(F)(F)F)c7)C(=O)C6(C)C)cc5)C4)C3)=CC2(C)C)cc1. The van der Waals surface area contributed by atoms with Gasteiger partial charge in [-0.2, -0.15) is 18.4 Å². The molecule has 0 aliphatic carbocycles. The second-order valence-corrected chi connectivity index (χ2v) is 22.2. The summed E-state index contributed by atoms with van der Waals surface area (Å²) in [5.41, 5.74) is 2.67. The predicted octanol–water partition coefficient (Wildman–Crippen LogP) is 6.43. The number of nitriles is 1. The van der Waals surface area contributed by atoms with E-state index >= 15 is 0 Å². The number of thiazole rings is 1. The Bertz CT molecular complexity index is 2870. The lowest BCUT2D eigenvalue weighted by molar-refractivity contribution is -0.141. The van der Waals surface area contributed by atoms with Crippen LogP contribution < -0.4 is 25.2 Å². The van der Waals surface area contributed by atoms with Gasteiger partial charge < -0.3 is 39.8 Å². The van der Waals surface area contributed by atoms with Gasteiger partial charge in [0.15, 0.2) is 5.11 Å². The Labute approximate surface area is 444 Å². The zero-order chi connectivity index (χ0) is 53.6. The standard InChI is InChI=1S/C54H62F3N9O7S2/c1-32(34-7-9-35(10-8-34)46-33(2)59-31-75-46)60-48(68)45-22-40(67)26-64(45)49(69)47-52(3,4)23-37(61-47)25-62-17-19-71-42(27-62)28-63-18-20-72-43(29-63)30-73-41-15-13-38(14-16-41)66-51(74)65(50(70)53(66,5)6)39-12-11-36(24-58)44(21-39)54(55,56)57/h7-16,21,23,31-32,40,42-43,45,47,61,67H,17-20,22,25-30H2,1-6H3,(H,60,68)/t32-,40+,42+,43+,45-,47+/m0/s1. The molecular formula is C54H62F3N9O7S2. The van der Waals surface area contributed by atoms with Gasteiger partial charge in [-0.25, -0.2) is 4.98 Å². The fourth-order valence-corrected chi connectivity index (χ4v) is 12.1. The number of β-amino-alcohol motifs (C(OH)–C–C–N with tert-alkyl or cyclic N) is 1. The Morgan fingerprint density at radius 1 is 1.00 bits per heavy atom. The third kappa shape index (κ3) is 11.4. The number of aromatic nitrogens is 1. The zero-order valence-electron chi connectivity index (χ0n) is 42.7. The molecule has 0 spiro atoms. The van der Waals surface area contributed by atoms with Gasteiger partial charge in [0.25, 0.3) is 5.91 Å². The number of alkyl halides is 3. The molecule has 4 fully saturated rings. The van der Waals surface area contributed by atoms with Gasteiger partial charge in [0.1, 0.15) is 36.1 Å². The predicted molar refractivity (Wildman–Crippen MR) is 281 cm³/mol. The molecule has 21 heteroatoms. The number of halogens is 3. The van der Waals surface area contributed by atoms with Crippen molar-refractivity contribution in [2.45, 2.75) is 96.1 Å². The fraction of sp³-hybridized carbons (Fsp3) is 0.481. The molecule has 9 rings (SSSR count). The molecule has 6 atom stereocenters. The van der Waals surface area contributed by atoms with E-state index in [0.717, 1.165) is 57.5 Å². The number of nitrogens with one attached hydrogen (secondary N) is 2. The first-order valence-corrected chi connectivity index (χ1v) is 26.4. The third-order valence-corrected chi connectivity index (χ3v) is 16.0. The van der Waals surface area contributed by atoms with Gasteiger partial charge in [0, 0.05) is 69.0 Å². The number of hydrogen-bond donors (Lipinski definition) is 3. The molecule has 3 N–H and O–H groups in total. The molecule has 0 saturated carbocycles. The average Bonchev–Trinajstić information content (AvgIpc) is 4.11. The summed E-state index contributed by atoms with van der Waals surface area (Å²) in [6, 6.07) is 17.9.